The lowest BCUT2D eigenvalue weighted by atomic mass is 10.2. The molecule has 0 amide bonds. The van der Waals surface area contributed by atoms with Crippen molar-refractivity contribution < 1.29 is 4.74 Å². The van der Waals surface area contributed by atoms with Gasteiger partial charge in [0.15, 0.2) is 0 Å². The van der Waals surface area contributed by atoms with Gasteiger partial charge in [0.05, 0.1) is 0 Å². The van der Waals surface area contributed by atoms with Crippen LogP contribution in [-0.2, 0) is 6.54 Å². The number of aryl methyl sites for hydroxylation is 1. The van der Waals surface area contributed by atoms with E-state index in [1.807, 2.05) is 38.1 Å². The van der Waals surface area contributed by atoms with Gasteiger partial charge in [0, 0.05) is 18.3 Å². The van der Waals surface area contributed by atoms with Crippen molar-refractivity contribution in [3.8, 4) is 5.88 Å². The van der Waals surface area contributed by atoms with Gasteiger partial charge in [-0.1, -0.05) is 12.2 Å². The van der Waals surface area contributed by atoms with E-state index in [0.717, 1.165) is 11.3 Å². The van der Waals surface area contributed by atoms with Crippen molar-refractivity contribution in [2.45, 2.75) is 20.4 Å². The molecule has 0 saturated carbocycles. The second-order valence-corrected chi connectivity index (χ2v) is 3.04. The minimum absolute atomic E-state index is 0.517. The van der Waals surface area contributed by atoms with E-state index in [-0.39, 0.29) is 0 Å². The molecular formula is C11H16N2O. The molecule has 0 atom stereocenters. The van der Waals surface area contributed by atoms with E-state index in [1.54, 1.807) is 0 Å². The first kappa shape index (κ1) is 10.7. The van der Waals surface area contributed by atoms with Crippen molar-refractivity contribution in [1.29, 1.82) is 0 Å². The van der Waals surface area contributed by atoms with E-state index in [4.69, 9.17) is 10.5 Å². The van der Waals surface area contributed by atoms with Crippen LogP contribution in [0.15, 0.2) is 24.3 Å². The monoisotopic (exact) mass is 192 g/mol. The molecule has 0 unspecified atom stereocenters. The summed E-state index contributed by atoms with van der Waals surface area (Å²) < 4.78 is 5.42. The highest BCUT2D eigenvalue weighted by atomic mass is 16.5. The largest absolute Gasteiger partial charge is 0.473 e. The van der Waals surface area contributed by atoms with Gasteiger partial charge in [-0.2, -0.15) is 0 Å². The van der Waals surface area contributed by atoms with Crippen molar-refractivity contribution in [2.24, 2.45) is 5.73 Å². The van der Waals surface area contributed by atoms with Crippen LogP contribution < -0.4 is 10.5 Å². The standard InChI is InChI=1S/C11H16N2O/c1-3-4-5-14-11-7-10(8-12)6-9(2)13-11/h3-4,6-7H,5,8,12H2,1-2H3/b4-3+. The molecule has 14 heavy (non-hydrogen) atoms. The second kappa shape index (κ2) is 5.40. The van der Waals surface area contributed by atoms with Gasteiger partial charge < -0.3 is 10.5 Å². The zero-order valence-corrected chi connectivity index (χ0v) is 8.66. The Bertz CT molecular complexity index is 321. The van der Waals surface area contributed by atoms with Gasteiger partial charge in [-0.25, -0.2) is 4.98 Å². The van der Waals surface area contributed by atoms with Crippen LogP contribution in [0.4, 0.5) is 0 Å². The van der Waals surface area contributed by atoms with E-state index < -0.39 is 0 Å². The van der Waals surface area contributed by atoms with E-state index in [0.29, 0.717) is 19.0 Å². The van der Waals surface area contributed by atoms with E-state index in [2.05, 4.69) is 4.98 Å². The van der Waals surface area contributed by atoms with Crippen LogP contribution in [0.5, 0.6) is 5.88 Å². The van der Waals surface area contributed by atoms with E-state index in [9.17, 15) is 0 Å². The van der Waals surface area contributed by atoms with Crippen molar-refractivity contribution in [2.75, 3.05) is 6.61 Å². The van der Waals surface area contributed by atoms with E-state index >= 15 is 0 Å². The molecule has 0 aliphatic heterocycles. The number of rotatable bonds is 4. The van der Waals surface area contributed by atoms with Crippen LogP contribution >= 0.6 is 0 Å². The number of allylic oxidation sites excluding steroid dienone is 1. The normalized spacial score (nSPS) is 10.8. The van der Waals surface area contributed by atoms with Crippen LogP contribution in [0.25, 0.3) is 0 Å². The lowest BCUT2D eigenvalue weighted by molar-refractivity contribution is 0.347. The lowest BCUT2D eigenvalue weighted by Gasteiger charge is -2.05. The SMILES string of the molecule is C/C=C/COc1cc(CN)cc(C)n1. The highest BCUT2D eigenvalue weighted by Crippen LogP contribution is 2.11. The number of nitrogens with two attached hydrogens (primary N) is 1. The van der Waals surface area contributed by atoms with Crippen LogP contribution in [0.2, 0.25) is 0 Å². The summed E-state index contributed by atoms with van der Waals surface area (Å²) in [6, 6.07) is 3.83. The number of hydrogen-bond donors (Lipinski definition) is 1. The van der Waals surface area contributed by atoms with E-state index in [1.165, 1.54) is 0 Å². The average Bonchev–Trinajstić information content (AvgIpc) is 2.17. The maximum Gasteiger partial charge on any atom is 0.214 e. The molecular weight excluding hydrogens is 176 g/mol. The third-order valence-corrected chi connectivity index (χ3v) is 1.79. The van der Waals surface area contributed by atoms with Crippen LogP contribution in [0.1, 0.15) is 18.2 Å². The summed E-state index contributed by atoms with van der Waals surface area (Å²) in [5.74, 6) is 0.642. The van der Waals surface area contributed by atoms with Gasteiger partial charge in [-0.15, -0.1) is 0 Å². The van der Waals surface area contributed by atoms with Gasteiger partial charge in [0.1, 0.15) is 6.61 Å². The topological polar surface area (TPSA) is 48.1 Å². The van der Waals surface area contributed by atoms with Crippen molar-refractivity contribution in [1.82, 2.24) is 4.98 Å². The molecule has 0 saturated heterocycles. The van der Waals surface area contributed by atoms with Gasteiger partial charge in [0.25, 0.3) is 0 Å². The molecule has 0 aromatic carbocycles. The fourth-order valence-corrected chi connectivity index (χ4v) is 1.13. The van der Waals surface area contributed by atoms with Crippen LogP contribution in [0, 0.1) is 6.92 Å². The molecule has 0 aliphatic carbocycles. The molecule has 1 rings (SSSR count). The summed E-state index contributed by atoms with van der Waals surface area (Å²) in [5.41, 5.74) is 7.53. The molecule has 1 aromatic heterocycles. The molecule has 0 fully saturated rings. The molecule has 1 aromatic rings. The highest BCUT2D eigenvalue weighted by molar-refractivity contribution is 5.24. The summed E-state index contributed by atoms with van der Waals surface area (Å²) >= 11 is 0. The third kappa shape index (κ3) is 3.18. The lowest BCUT2D eigenvalue weighted by Crippen LogP contribution is -2.01. The fourth-order valence-electron chi connectivity index (χ4n) is 1.13. The van der Waals surface area contributed by atoms with Crippen molar-refractivity contribution >= 4 is 0 Å². The van der Waals surface area contributed by atoms with Gasteiger partial charge in [0.2, 0.25) is 5.88 Å². The quantitative estimate of drug-likeness (QED) is 0.740. The summed E-state index contributed by atoms with van der Waals surface area (Å²) in [5, 5.41) is 0. The summed E-state index contributed by atoms with van der Waals surface area (Å²) in [6.45, 7) is 4.96. The first-order valence-electron chi connectivity index (χ1n) is 4.68. The third-order valence-electron chi connectivity index (χ3n) is 1.79. The first-order valence-corrected chi connectivity index (χ1v) is 4.68. The Balaban J connectivity index is 2.71. The van der Waals surface area contributed by atoms with Gasteiger partial charge in [-0.05, 0) is 25.5 Å². The average molecular weight is 192 g/mol. The molecule has 76 valence electrons. The zero-order chi connectivity index (χ0) is 10.4. The number of aromatic nitrogens is 1. The van der Waals surface area contributed by atoms with Crippen molar-refractivity contribution in [3.05, 3.63) is 35.5 Å². The smallest absolute Gasteiger partial charge is 0.214 e. The first-order chi connectivity index (χ1) is 6.76. The highest BCUT2D eigenvalue weighted by Gasteiger charge is 1.98. The predicted octanol–water partition coefficient (Wildman–Crippen LogP) is 1.80. The molecule has 3 heteroatoms. The second-order valence-electron chi connectivity index (χ2n) is 3.04. The summed E-state index contributed by atoms with van der Waals surface area (Å²) in [7, 11) is 0. The Hall–Kier alpha value is -1.35. The zero-order valence-electron chi connectivity index (χ0n) is 8.66. The molecule has 0 aliphatic rings. The number of hydrogen-bond acceptors (Lipinski definition) is 3. The Morgan fingerprint density at radius 2 is 2.29 bits per heavy atom. The predicted molar refractivity (Wildman–Crippen MR) is 57.2 cm³/mol. The Morgan fingerprint density at radius 1 is 1.50 bits per heavy atom. The Morgan fingerprint density at radius 3 is 2.93 bits per heavy atom. The fraction of sp³-hybridized carbons (Fsp3) is 0.364. The summed E-state index contributed by atoms with van der Waals surface area (Å²) in [4.78, 5) is 4.24. The van der Waals surface area contributed by atoms with Crippen molar-refractivity contribution in [3.63, 3.8) is 0 Å². The summed E-state index contributed by atoms with van der Waals surface area (Å²) in [6.07, 6.45) is 3.88. The minimum Gasteiger partial charge on any atom is -0.473 e. The van der Waals surface area contributed by atoms with Gasteiger partial charge in [-0.3, -0.25) is 0 Å². The Kier molecular flexibility index (Phi) is 4.13. The van der Waals surface area contributed by atoms with Gasteiger partial charge >= 0.3 is 0 Å². The Labute approximate surface area is 84.6 Å². The maximum atomic E-state index is 5.55. The molecule has 1 heterocycles. The molecule has 2 N–H and O–H groups in total. The van der Waals surface area contributed by atoms with Crippen LogP contribution in [0.3, 0.4) is 0 Å². The maximum absolute atomic E-state index is 5.55. The molecule has 0 bridgehead atoms. The van der Waals surface area contributed by atoms with Crippen LogP contribution in [-0.4, -0.2) is 11.6 Å². The number of pyridine rings is 1. The molecule has 0 spiro atoms. The molecule has 3 nitrogen and oxygen atoms in total. The number of nitrogens with zero attached hydrogens (tertiary/aromatic N) is 1. The molecule has 0 radical (unpaired) electrons. The number of ether oxygens (including phenoxy) is 1. The minimum atomic E-state index is 0.517.